The Labute approximate surface area is 116 Å². The first-order valence-electron chi connectivity index (χ1n) is 7.50. The molecule has 0 unspecified atom stereocenters. The number of rotatable bonds is 5. The summed E-state index contributed by atoms with van der Waals surface area (Å²) in [5.41, 5.74) is 2.56. The monoisotopic (exact) mass is 259 g/mol. The highest BCUT2D eigenvalue weighted by Crippen LogP contribution is 2.30. The van der Waals surface area contributed by atoms with Crippen molar-refractivity contribution in [1.82, 2.24) is 15.3 Å². The highest BCUT2D eigenvalue weighted by atomic mass is 14.9. The summed E-state index contributed by atoms with van der Waals surface area (Å²) in [4.78, 5) is 8.67. The van der Waals surface area contributed by atoms with Gasteiger partial charge in [0.2, 0.25) is 0 Å². The van der Waals surface area contributed by atoms with Crippen molar-refractivity contribution in [1.29, 1.82) is 0 Å². The zero-order chi connectivity index (χ0) is 13.5. The van der Waals surface area contributed by atoms with Gasteiger partial charge in [0.25, 0.3) is 0 Å². The SMILES string of the molecule is CCNC/C(=C/c1ccnc(C)n1)C1CCCCC1. The third-order valence-corrected chi connectivity index (χ3v) is 3.84. The van der Waals surface area contributed by atoms with E-state index >= 15 is 0 Å². The van der Waals surface area contributed by atoms with Crippen LogP contribution in [0.1, 0.15) is 50.5 Å². The van der Waals surface area contributed by atoms with Crippen molar-refractivity contribution < 1.29 is 0 Å². The quantitative estimate of drug-likeness (QED) is 0.881. The average Bonchev–Trinajstić information content (AvgIpc) is 2.44. The molecule has 1 saturated carbocycles. The van der Waals surface area contributed by atoms with Crippen LogP contribution in [0.3, 0.4) is 0 Å². The Kier molecular flexibility index (Phi) is 5.52. The van der Waals surface area contributed by atoms with Gasteiger partial charge < -0.3 is 5.32 Å². The third kappa shape index (κ3) is 4.43. The predicted octanol–water partition coefficient (Wildman–Crippen LogP) is 3.36. The normalized spacial score (nSPS) is 17.7. The Morgan fingerprint density at radius 2 is 2.16 bits per heavy atom. The van der Waals surface area contributed by atoms with Crippen LogP contribution in [0.5, 0.6) is 0 Å². The largest absolute Gasteiger partial charge is 0.313 e. The molecular weight excluding hydrogens is 234 g/mol. The Balaban J connectivity index is 2.15. The maximum atomic E-state index is 4.50. The third-order valence-electron chi connectivity index (χ3n) is 3.84. The molecule has 1 aromatic rings. The van der Waals surface area contributed by atoms with Crippen LogP contribution in [-0.4, -0.2) is 23.1 Å². The maximum absolute atomic E-state index is 4.50. The second-order valence-electron chi connectivity index (χ2n) is 5.36. The van der Waals surface area contributed by atoms with Gasteiger partial charge in [0, 0.05) is 12.7 Å². The van der Waals surface area contributed by atoms with Gasteiger partial charge in [-0.05, 0) is 44.4 Å². The second kappa shape index (κ2) is 7.39. The standard InChI is InChI=1S/C16H25N3/c1-3-17-12-15(14-7-5-4-6-8-14)11-16-9-10-18-13(2)19-16/h9-11,14,17H,3-8,12H2,1-2H3/b15-11-. The van der Waals surface area contributed by atoms with E-state index in [1.165, 1.54) is 37.7 Å². The van der Waals surface area contributed by atoms with Crippen LogP contribution in [0.15, 0.2) is 17.8 Å². The van der Waals surface area contributed by atoms with E-state index in [9.17, 15) is 0 Å². The second-order valence-corrected chi connectivity index (χ2v) is 5.36. The first-order chi connectivity index (χ1) is 9.29. The molecule has 1 fully saturated rings. The topological polar surface area (TPSA) is 37.8 Å². The molecule has 1 aliphatic rings. The fourth-order valence-electron chi connectivity index (χ4n) is 2.80. The lowest BCUT2D eigenvalue weighted by Gasteiger charge is -2.25. The lowest BCUT2D eigenvalue weighted by molar-refractivity contribution is 0.397. The molecule has 1 N–H and O–H groups in total. The van der Waals surface area contributed by atoms with Gasteiger partial charge >= 0.3 is 0 Å². The number of hydrogen-bond acceptors (Lipinski definition) is 3. The van der Waals surface area contributed by atoms with E-state index in [2.05, 4.69) is 28.3 Å². The van der Waals surface area contributed by atoms with E-state index in [1.54, 1.807) is 0 Å². The molecule has 0 atom stereocenters. The number of aryl methyl sites for hydroxylation is 1. The summed E-state index contributed by atoms with van der Waals surface area (Å²) in [5, 5.41) is 3.47. The molecule has 0 aliphatic heterocycles. The van der Waals surface area contributed by atoms with Gasteiger partial charge in [0.1, 0.15) is 5.82 Å². The summed E-state index contributed by atoms with van der Waals surface area (Å²) in [6, 6.07) is 2.00. The molecule has 3 nitrogen and oxygen atoms in total. The number of nitrogens with zero attached hydrogens (tertiary/aromatic N) is 2. The molecule has 0 radical (unpaired) electrons. The highest BCUT2D eigenvalue weighted by Gasteiger charge is 2.17. The van der Waals surface area contributed by atoms with Gasteiger partial charge in [-0.15, -0.1) is 0 Å². The van der Waals surface area contributed by atoms with Crippen LogP contribution >= 0.6 is 0 Å². The summed E-state index contributed by atoms with van der Waals surface area (Å²) in [6.45, 7) is 6.12. The van der Waals surface area contributed by atoms with Gasteiger partial charge in [-0.2, -0.15) is 0 Å². The Morgan fingerprint density at radius 1 is 1.37 bits per heavy atom. The average molecular weight is 259 g/mol. The van der Waals surface area contributed by atoms with Crippen LogP contribution in [0.25, 0.3) is 6.08 Å². The van der Waals surface area contributed by atoms with Crippen molar-refractivity contribution in [2.75, 3.05) is 13.1 Å². The van der Waals surface area contributed by atoms with Crippen LogP contribution in [0.4, 0.5) is 0 Å². The number of likely N-dealkylation sites (N-methyl/N-ethyl adjacent to an activating group) is 1. The van der Waals surface area contributed by atoms with Gasteiger partial charge in [-0.25, -0.2) is 9.97 Å². The highest BCUT2D eigenvalue weighted by molar-refractivity contribution is 5.49. The van der Waals surface area contributed by atoms with E-state index in [4.69, 9.17) is 0 Å². The molecule has 1 aromatic heterocycles. The molecule has 2 rings (SSSR count). The summed E-state index contributed by atoms with van der Waals surface area (Å²) < 4.78 is 0. The fraction of sp³-hybridized carbons (Fsp3) is 0.625. The first kappa shape index (κ1) is 14.2. The minimum Gasteiger partial charge on any atom is -0.313 e. The van der Waals surface area contributed by atoms with E-state index in [0.717, 1.165) is 30.5 Å². The van der Waals surface area contributed by atoms with Crippen molar-refractivity contribution in [3.05, 3.63) is 29.4 Å². The minimum atomic E-state index is 0.739. The zero-order valence-electron chi connectivity index (χ0n) is 12.2. The van der Waals surface area contributed by atoms with Crippen molar-refractivity contribution in [2.24, 2.45) is 5.92 Å². The lowest BCUT2D eigenvalue weighted by atomic mass is 9.83. The van der Waals surface area contributed by atoms with Gasteiger partial charge in [0.05, 0.1) is 5.69 Å². The van der Waals surface area contributed by atoms with Crippen LogP contribution in [-0.2, 0) is 0 Å². The molecule has 0 saturated heterocycles. The minimum absolute atomic E-state index is 0.739. The Bertz CT molecular complexity index is 420. The summed E-state index contributed by atoms with van der Waals surface area (Å²) in [5.74, 6) is 1.59. The van der Waals surface area contributed by atoms with Gasteiger partial charge in [0.15, 0.2) is 0 Å². The molecular formula is C16H25N3. The summed E-state index contributed by atoms with van der Waals surface area (Å²) in [6.07, 6.45) is 10.9. The Hall–Kier alpha value is -1.22. The van der Waals surface area contributed by atoms with E-state index in [0.29, 0.717) is 0 Å². The molecule has 1 aliphatic carbocycles. The Morgan fingerprint density at radius 3 is 2.84 bits per heavy atom. The van der Waals surface area contributed by atoms with Crippen LogP contribution in [0, 0.1) is 12.8 Å². The van der Waals surface area contributed by atoms with Crippen molar-refractivity contribution in [3.8, 4) is 0 Å². The molecule has 3 heteroatoms. The van der Waals surface area contributed by atoms with Gasteiger partial charge in [-0.3, -0.25) is 0 Å². The van der Waals surface area contributed by atoms with Crippen molar-refractivity contribution in [2.45, 2.75) is 46.0 Å². The smallest absolute Gasteiger partial charge is 0.125 e. The molecule has 104 valence electrons. The van der Waals surface area contributed by atoms with Crippen molar-refractivity contribution in [3.63, 3.8) is 0 Å². The summed E-state index contributed by atoms with van der Waals surface area (Å²) in [7, 11) is 0. The molecule has 0 bridgehead atoms. The van der Waals surface area contributed by atoms with E-state index in [1.807, 2.05) is 19.2 Å². The predicted molar refractivity (Wildman–Crippen MR) is 79.9 cm³/mol. The first-order valence-corrected chi connectivity index (χ1v) is 7.50. The number of aromatic nitrogens is 2. The summed E-state index contributed by atoms with van der Waals surface area (Å²) >= 11 is 0. The molecule has 1 heterocycles. The lowest BCUT2D eigenvalue weighted by Crippen LogP contribution is -2.22. The van der Waals surface area contributed by atoms with E-state index in [-0.39, 0.29) is 0 Å². The molecule has 0 aromatic carbocycles. The van der Waals surface area contributed by atoms with Crippen LogP contribution in [0.2, 0.25) is 0 Å². The fourth-order valence-corrected chi connectivity index (χ4v) is 2.80. The number of nitrogens with one attached hydrogen (secondary N) is 1. The molecule has 19 heavy (non-hydrogen) atoms. The molecule has 0 amide bonds. The van der Waals surface area contributed by atoms with Crippen molar-refractivity contribution >= 4 is 6.08 Å². The van der Waals surface area contributed by atoms with Gasteiger partial charge in [-0.1, -0.05) is 31.8 Å². The van der Waals surface area contributed by atoms with Crippen LogP contribution < -0.4 is 5.32 Å². The molecule has 0 spiro atoms. The maximum Gasteiger partial charge on any atom is 0.125 e. The number of hydrogen-bond donors (Lipinski definition) is 1. The zero-order valence-corrected chi connectivity index (χ0v) is 12.2. The van der Waals surface area contributed by atoms with E-state index < -0.39 is 0 Å².